The van der Waals surface area contributed by atoms with Crippen molar-refractivity contribution in [2.24, 2.45) is 0 Å². The van der Waals surface area contributed by atoms with Gasteiger partial charge in [0.1, 0.15) is 11.1 Å². The van der Waals surface area contributed by atoms with Crippen LogP contribution < -0.4 is 14.8 Å². The van der Waals surface area contributed by atoms with Crippen LogP contribution in [0.1, 0.15) is 39.2 Å². The van der Waals surface area contributed by atoms with E-state index in [0.717, 1.165) is 30.8 Å². The van der Waals surface area contributed by atoms with Gasteiger partial charge < -0.3 is 14.8 Å². The summed E-state index contributed by atoms with van der Waals surface area (Å²) in [5.41, 5.74) is 0.558. The predicted molar refractivity (Wildman–Crippen MR) is 82.7 cm³/mol. The quantitative estimate of drug-likeness (QED) is 0.817. The number of nitrogens with one attached hydrogen (secondary N) is 1. The summed E-state index contributed by atoms with van der Waals surface area (Å²) in [6.07, 6.45) is 2.48. The van der Waals surface area contributed by atoms with Gasteiger partial charge in [-0.05, 0) is 46.7 Å². The molecule has 1 aliphatic rings. The molecule has 0 saturated heterocycles. The lowest BCUT2D eigenvalue weighted by atomic mass is 9.98. The van der Waals surface area contributed by atoms with Gasteiger partial charge in [-0.25, -0.2) is 0 Å². The van der Waals surface area contributed by atoms with E-state index < -0.39 is 5.54 Å². The molecular formula is C17H24N2O2. The van der Waals surface area contributed by atoms with E-state index in [-0.39, 0.29) is 5.60 Å². The number of hydrogen-bond acceptors (Lipinski definition) is 4. The van der Waals surface area contributed by atoms with Crippen molar-refractivity contribution >= 4 is 0 Å². The Hall–Kier alpha value is -1.73. The Kier molecular flexibility index (Phi) is 4.43. The van der Waals surface area contributed by atoms with Crippen LogP contribution in [0.25, 0.3) is 0 Å². The Labute approximate surface area is 127 Å². The van der Waals surface area contributed by atoms with Gasteiger partial charge in [-0.1, -0.05) is 12.1 Å². The predicted octanol–water partition coefficient (Wildman–Crippen LogP) is 3.06. The lowest BCUT2D eigenvalue weighted by Gasteiger charge is -2.21. The number of ether oxygens (including phenoxy) is 2. The Bertz CT molecular complexity index is 548. The molecule has 2 rings (SSSR count). The van der Waals surface area contributed by atoms with E-state index in [1.54, 1.807) is 0 Å². The van der Waals surface area contributed by atoms with Gasteiger partial charge in [0.15, 0.2) is 11.5 Å². The molecule has 114 valence electrons. The van der Waals surface area contributed by atoms with Crippen molar-refractivity contribution in [3.8, 4) is 17.6 Å². The van der Waals surface area contributed by atoms with Crippen molar-refractivity contribution in [3.05, 3.63) is 23.8 Å². The molecular weight excluding hydrogens is 264 g/mol. The molecule has 0 radical (unpaired) electrons. The highest BCUT2D eigenvalue weighted by Gasteiger charge is 2.32. The molecule has 1 atom stereocenters. The molecule has 0 aromatic heterocycles. The monoisotopic (exact) mass is 288 g/mol. The van der Waals surface area contributed by atoms with Gasteiger partial charge in [0.2, 0.25) is 0 Å². The zero-order chi connectivity index (χ0) is 15.5. The summed E-state index contributed by atoms with van der Waals surface area (Å²) in [6.45, 7) is 6.65. The van der Waals surface area contributed by atoms with E-state index in [0.29, 0.717) is 6.61 Å². The highest BCUT2D eigenvalue weighted by atomic mass is 16.5. The minimum atomic E-state index is -0.486. The molecule has 1 N–H and O–H groups in total. The molecule has 4 heteroatoms. The molecule has 0 fully saturated rings. The maximum absolute atomic E-state index is 9.11. The van der Waals surface area contributed by atoms with Gasteiger partial charge in [0, 0.05) is 12.0 Å². The summed E-state index contributed by atoms with van der Waals surface area (Å²) in [4.78, 5) is 0. The highest BCUT2D eigenvalue weighted by molar-refractivity contribution is 5.50. The molecule has 1 aliphatic heterocycles. The number of nitrogens with zero attached hydrogens (tertiary/aromatic N) is 1. The fourth-order valence-electron chi connectivity index (χ4n) is 2.55. The molecule has 1 heterocycles. The number of rotatable bonds is 6. The van der Waals surface area contributed by atoms with E-state index >= 15 is 0 Å². The second-order valence-electron chi connectivity index (χ2n) is 6.43. The second-order valence-corrected chi connectivity index (χ2v) is 6.43. The first kappa shape index (κ1) is 15.7. The van der Waals surface area contributed by atoms with Gasteiger partial charge in [-0.15, -0.1) is 0 Å². The maximum Gasteiger partial charge on any atom is 0.165 e. The molecule has 4 nitrogen and oxygen atoms in total. The molecule has 0 aliphatic carbocycles. The summed E-state index contributed by atoms with van der Waals surface area (Å²) in [7, 11) is 1.81. The summed E-state index contributed by atoms with van der Waals surface area (Å²) >= 11 is 0. The third-order valence-corrected chi connectivity index (χ3v) is 3.93. The third kappa shape index (κ3) is 3.68. The van der Waals surface area contributed by atoms with E-state index in [2.05, 4.69) is 31.3 Å². The van der Waals surface area contributed by atoms with E-state index in [4.69, 9.17) is 14.7 Å². The summed E-state index contributed by atoms with van der Waals surface area (Å²) in [5, 5.41) is 12.2. The van der Waals surface area contributed by atoms with Crippen molar-refractivity contribution in [1.82, 2.24) is 5.32 Å². The number of nitriles is 1. The van der Waals surface area contributed by atoms with Gasteiger partial charge in [0.25, 0.3) is 0 Å². The van der Waals surface area contributed by atoms with Gasteiger partial charge in [-0.2, -0.15) is 5.26 Å². The fraction of sp³-hybridized carbons (Fsp3) is 0.588. The van der Waals surface area contributed by atoms with E-state index in [1.807, 2.05) is 26.1 Å². The molecule has 21 heavy (non-hydrogen) atoms. The van der Waals surface area contributed by atoms with Crippen LogP contribution in [0.15, 0.2) is 18.2 Å². The van der Waals surface area contributed by atoms with Gasteiger partial charge >= 0.3 is 0 Å². The zero-order valence-electron chi connectivity index (χ0n) is 13.3. The van der Waals surface area contributed by atoms with Crippen LogP contribution in [0, 0.1) is 11.3 Å². The summed E-state index contributed by atoms with van der Waals surface area (Å²) in [5.74, 6) is 1.68. The van der Waals surface area contributed by atoms with E-state index in [1.165, 1.54) is 5.56 Å². The number of benzene rings is 1. The van der Waals surface area contributed by atoms with Crippen LogP contribution in [-0.2, 0) is 6.42 Å². The van der Waals surface area contributed by atoms with Crippen LogP contribution in [0.5, 0.6) is 11.5 Å². The topological polar surface area (TPSA) is 54.3 Å². The fourth-order valence-corrected chi connectivity index (χ4v) is 2.55. The third-order valence-electron chi connectivity index (χ3n) is 3.93. The maximum atomic E-state index is 9.11. The first-order valence-corrected chi connectivity index (χ1v) is 7.43. The van der Waals surface area contributed by atoms with Crippen molar-refractivity contribution in [1.29, 1.82) is 5.26 Å². The number of para-hydroxylation sites is 1. The van der Waals surface area contributed by atoms with Crippen molar-refractivity contribution in [2.75, 3.05) is 13.7 Å². The largest absolute Gasteiger partial charge is 0.490 e. The Morgan fingerprint density at radius 1 is 1.48 bits per heavy atom. The molecule has 0 saturated carbocycles. The van der Waals surface area contributed by atoms with Crippen molar-refractivity contribution in [3.63, 3.8) is 0 Å². The summed E-state index contributed by atoms with van der Waals surface area (Å²) < 4.78 is 11.8. The Morgan fingerprint density at radius 2 is 2.24 bits per heavy atom. The average Bonchev–Trinajstić information content (AvgIpc) is 2.78. The smallest absolute Gasteiger partial charge is 0.165 e. The molecule has 1 unspecified atom stereocenters. The van der Waals surface area contributed by atoms with Gasteiger partial charge in [0.05, 0.1) is 12.7 Å². The SMILES string of the molecule is CNC(C)(C#N)CCCOc1cccc2c1OC(C)(C)C2. The lowest BCUT2D eigenvalue weighted by molar-refractivity contribution is 0.132. The first-order chi connectivity index (χ1) is 9.89. The van der Waals surface area contributed by atoms with Crippen molar-refractivity contribution in [2.45, 2.75) is 51.2 Å². The van der Waals surface area contributed by atoms with Crippen LogP contribution in [0.3, 0.4) is 0 Å². The summed E-state index contributed by atoms with van der Waals surface area (Å²) in [6, 6.07) is 8.33. The van der Waals surface area contributed by atoms with Crippen LogP contribution >= 0.6 is 0 Å². The Balaban J connectivity index is 1.92. The molecule has 0 amide bonds. The van der Waals surface area contributed by atoms with E-state index in [9.17, 15) is 0 Å². The Morgan fingerprint density at radius 3 is 2.90 bits per heavy atom. The minimum absolute atomic E-state index is 0.159. The van der Waals surface area contributed by atoms with Crippen LogP contribution in [0.4, 0.5) is 0 Å². The average molecular weight is 288 g/mol. The normalized spacial score (nSPS) is 18.2. The molecule has 1 aromatic carbocycles. The number of fused-ring (bicyclic) bond motifs is 1. The molecule has 1 aromatic rings. The highest BCUT2D eigenvalue weighted by Crippen LogP contribution is 2.41. The molecule has 0 spiro atoms. The second kappa shape index (κ2) is 5.95. The standard InChI is InChI=1S/C17H24N2O2/c1-16(2)11-13-7-5-8-14(15(13)21-16)20-10-6-9-17(3,12-18)19-4/h5,7-8,19H,6,9-11H2,1-4H3. The van der Waals surface area contributed by atoms with Crippen LogP contribution in [0.2, 0.25) is 0 Å². The number of hydrogen-bond donors (Lipinski definition) is 1. The lowest BCUT2D eigenvalue weighted by Crippen LogP contribution is -2.38. The molecule has 0 bridgehead atoms. The van der Waals surface area contributed by atoms with Crippen LogP contribution in [-0.4, -0.2) is 24.8 Å². The first-order valence-electron chi connectivity index (χ1n) is 7.43. The van der Waals surface area contributed by atoms with Gasteiger partial charge in [-0.3, -0.25) is 0 Å². The minimum Gasteiger partial charge on any atom is -0.490 e. The zero-order valence-corrected chi connectivity index (χ0v) is 13.3. The van der Waals surface area contributed by atoms with Crippen molar-refractivity contribution < 1.29 is 9.47 Å².